The summed E-state index contributed by atoms with van der Waals surface area (Å²) in [4.78, 5) is 13.1. The van der Waals surface area contributed by atoms with Gasteiger partial charge in [-0.3, -0.25) is 10.2 Å². The molecule has 0 aromatic heterocycles. The predicted octanol–water partition coefficient (Wildman–Crippen LogP) is 4.61. The molecule has 0 atom stereocenters. The third kappa shape index (κ3) is 17.1. The Kier molecular flexibility index (Phi) is 16.3. The number of unbranched alkanes of at least 4 members (excludes halogenated alkanes) is 9. The summed E-state index contributed by atoms with van der Waals surface area (Å²) in [6, 6.07) is 0. The van der Waals surface area contributed by atoms with Gasteiger partial charge in [-0.05, 0) is 32.1 Å². The number of guanidine groups is 1. The Morgan fingerprint density at radius 3 is 2.16 bits per heavy atom. The van der Waals surface area contributed by atoms with Crippen LogP contribution >= 0.6 is 0 Å². The van der Waals surface area contributed by atoms with Crippen molar-refractivity contribution in [2.45, 2.75) is 84.0 Å². The molecule has 0 heterocycles. The summed E-state index contributed by atoms with van der Waals surface area (Å²) in [6.45, 7) is 3.00. The highest BCUT2D eigenvalue weighted by molar-refractivity contribution is 5.74. The number of allylic oxidation sites excluding steroid dienone is 2. The van der Waals surface area contributed by atoms with Gasteiger partial charge in [0, 0.05) is 13.5 Å². The fourth-order valence-corrected chi connectivity index (χ4v) is 2.48. The standard InChI is InChI=1S/C20H39N3O2/c1-3-4-5-6-7-8-9-10-11-12-13-14-15-16-19(24)25-18-17-23(2)20(21)22/h8-9H,3-7,10-18H2,1-2H3,(H3,21,22)/b9-8+. The van der Waals surface area contributed by atoms with Crippen molar-refractivity contribution in [2.75, 3.05) is 20.2 Å². The Hall–Kier alpha value is -1.52. The number of hydrogen-bond acceptors (Lipinski definition) is 3. The molecule has 25 heavy (non-hydrogen) atoms. The first-order valence-electron chi connectivity index (χ1n) is 9.93. The summed E-state index contributed by atoms with van der Waals surface area (Å²) < 4.78 is 5.13. The van der Waals surface area contributed by atoms with E-state index in [2.05, 4.69) is 19.1 Å². The molecular formula is C20H39N3O2. The third-order valence-corrected chi connectivity index (χ3v) is 4.24. The number of hydrogen-bond donors (Lipinski definition) is 2. The lowest BCUT2D eigenvalue weighted by Gasteiger charge is -2.16. The fraction of sp³-hybridized carbons (Fsp3) is 0.800. The molecule has 0 aliphatic heterocycles. The van der Waals surface area contributed by atoms with Crippen molar-refractivity contribution in [1.29, 1.82) is 5.41 Å². The number of likely N-dealkylation sites (N-methyl/N-ethyl adjacent to an activating group) is 1. The largest absolute Gasteiger partial charge is 0.464 e. The molecule has 0 aliphatic carbocycles. The molecule has 3 N–H and O–H groups in total. The van der Waals surface area contributed by atoms with Crippen LogP contribution in [0.2, 0.25) is 0 Å². The lowest BCUT2D eigenvalue weighted by molar-refractivity contribution is -0.143. The first-order valence-corrected chi connectivity index (χ1v) is 9.93. The highest BCUT2D eigenvalue weighted by Gasteiger charge is 2.04. The summed E-state index contributed by atoms with van der Waals surface area (Å²) >= 11 is 0. The molecule has 0 spiro atoms. The number of carbonyl (C=O) groups excluding carboxylic acids is 1. The Balaban J connectivity index is 3.31. The molecule has 0 rings (SSSR count). The van der Waals surface area contributed by atoms with E-state index in [1.807, 2.05) is 0 Å². The van der Waals surface area contributed by atoms with E-state index in [-0.39, 0.29) is 11.9 Å². The zero-order valence-corrected chi connectivity index (χ0v) is 16.4. The summed E-state index contributed by atoms with van der Waals surface area (Å²) in [6.07, 6.45) is 18.5. The molecule has 146 valence electrons. The predicted molar refractivity (Wildman–Crippen MR) is 106 cm³/mol. The number of esters is 1. The van der Waals surface area contributed by atoms with Gasteiger partial charge < -0.3 is 15.4 Å². The highest BCUT2D eigenvalue weighted by Crippen LogP contribution is 2.09. The molecule has 5 nitrogen and oxygen atoms in total. The Morgan fingerprint density at radius 2 is 1.56 bits per heavy atom. The van der Waals surface area contributed by atoms with Crippen molar-refractivity contribution in [3.05, 3.63) is 12.2 Å². The van der Waals surface area contributed by atoms with E-state index in [0.29, 0.717) is 19.6 Å². The first kappa shape index (κ1) is 23.5. The van der Waals surface area contributed by atoms with Gasteiger partial charge >= 0.3 is 5.97 Å². The van der Waals surface area contributed by atoms with Crippen molar-refractivity contribution in [1.82, 2.24) is 4.90 Å². The van der Waals surface area contributed by atoms with Gasteiger partial charge in [-0.25, -0.2) is 0 Å². The van der Waals surface area contributed by atoms with Gasteiger partial charge in [-0.2, -0.15) is 0 Å². The maximum atomic E-state index is 11.6. The summed E-state index contributed by atoms with van der Waals surface area (Å²) in [5, 5.41) is 7.21. The van der Waals surface area contributed by atoms with Gasteiger partial charge in [0.2, 0.25) is 0 Å². The minimum Gasteiger partial charge on any atom is -0.464 e. The molecule has 0 bridgehead atoms. The molecule has 0 aromatic rings. The van der Waals surface area contributed by atoms with Crippen LogP contribution in [0.25, 0.3) is 0 Å². The van der Waals surface area contributed by atoms with E-state index < -0.39 is 0 Å². The zero-order valence-electron chi connectivity index (χ0n) is 16.4. The van der Waals surface area contributed by atoms with Crippen molar-refractivity contribution in [3.63, 3.8) is 0 Å². The summed E-state index contributed by atoms with van der Waals surface area (Å²) in [5.74, 6) is -0.162. The maximum absolute atomic E-state index is 11.6. The van der Waals surface area contributed by atoms with E-state index in [4.69, 9.17) is 15.9 Å². The van der Waals surface area contributed by atoms with Gasteiger partial charge in [0.1, 0.15) is 6.61 Å². The Labute approximate surface area is 154 Å². The van der Waals surface area contributed by atoms with Crippen LogP contribution in [0.4, 0.5) is 0 Å². The number of rotatable bonds is 16. The average molecular weight is 354 g/mol. The Bertz CT molecular complexity index is 370. The van der Waals surface area contributed by atoms with E-state index in [9.17, 15) is 4.79 Å². The topological polar surface area (TPSA) is 79.4 Å². The molecular weight excluding hydrogens is 314 g/mol. The number of nitrogens with zero attached hydrogens (tertiary/aromatic N) is 1. The lowest BCUT2D eigenvalue weighted by atomic mass is 10.1. The van der Waals surface area contributed by atoms with Crippen molar-refractivity contribution in [3.8, 4) is 0 Å². The summed E-state index contributed by atoms with van der Waals surface area (Å²) in [7, 11) is 1.71. The van der Waals surface area contributed by atoms with Crippen LogP contribution < -0.4 is 5.73 Å². The normalized spacial score (nSPS) is 11.0. The van der Waals surface area contributed by atoms with Gasteiger partial charge in [-0.1, -0.05) is 57.6 Å². The summed E-state index contributed by atoms with van der Waals surface area (Å²) in [5.41, 5.74) is 5.31. The van der Waals surface area contributed by atoms with Crippen LogP contribution in [0.15, 0.2) is 12.2 Å². The molecule has 5 heteroatoms. The van der Waals surface area contributed by atoms with E-state index in [1.165, 1.54) is 57.8 Å². The van der Waals surface area contributed by atoms with E-state index >= 15 is 0 Å². The van der Waals surface area contributed by atoms with Gasteiger partial charge in [0.05, 0.1) is 6.54 Å². The van der Waals surface area contributed by atoms with Crippen LogP contribution in [0.3, 0.4) is 0 Å². The SMILES string of the molecule is CCCCCC/C=C/CCCCCCCC(=O)OCCN(C)C(=N)N. The zero-order chi connectivity index (χ0) is 18.8. The number of nitrogens with two attached hydrogens (primary N) is 1. The quantitative estimate of drug-likeness (QED) is 0.140. The third-order valence-electron chi connectivity index (χ3n) is 4.24. The van der Waals surface area contributed by atoms with Crippen molar-refractivity contribution < 1.29 is 9.53 Å². The van der Waals surface area contributed by atoms with Crippen LogP contribution in [-0.2, 0) is 9.53 Å². The maximum Gasteiger partial charge on any atom is 0.305 e. The number of nitrogens with one attached hydrogen (secondary N) is 1. The van der Waals surface area contributed by atoms with Crippen molar-refractivity contribution in [2.24, 2.45) is 5.73 Å². The molecule has 0 fully saturated rings. The van der Waals surface area contributed by atoms with Gasteiger partial charge in [-0.15, -0.1) is 0 Å². The highest BCUT2D eigenvalue weighted by atomic mass is 16.5. The minimum atomic E-state index is -0.150. The average Bonchev–Trinajstić information content (AvgIpc) is 2.58. The van der Waals surface area contributed by atoms with Crippen LogP contribution in [0.5, 0.6) is 0 Å². The number of ether oxygens (including phenoxy) is 1. The van der Waals surface area contributed by atoms with E-state index in [0.717, 1.165) is 12.8 Å². The smallest absolute Gasteiger partial charge is 0.305 e. The second-order valence-corrected chi connectivity index (χ2v) is 6.65. The first-order chi connectivity index (χ1) is 12.1. The Morgan fingerprint density at radius 1 is 1.00 bits per heavy atom. The minimum absolute atomic E-state index is 0.0117. The van der Waals surface area contributed by atoms with Crippen LogP contribution in [-0.4, -0.2) is 37.0 Å². The van der Waals surface area contributed by atoms with Gasteiger partial charge in [0.15, 0.2) is 5.96 Å². The molecule has 0 radical (unpaired) electrons. The molecule has 0 aliphatic rings. The van der Waals surface area contributed by atoms with Crippen molar-refractivity contribution >= 4 is 11.9 Å². The lowest BCUT2D eigenvalue weighted by Crippen LogP contribution is -2.35. The molecule has 0 saturated heterocycles. The monoisotopic (exact) mass is 353 g/mol. The van der Waals surface area contributed by atoms with E-state index in [1.54, 1.807) is 11.9 Å². The number of carbonyl (C=O) groups is 1. The molecule has 0 unspecified atom stereocenters. The molecule has 0 amide bonds. The fourth-order valence-electron chi connectivity index (χ4n) is 2.48. The van der Waals surface area contributed by atoms with Crippen LogP contribution in [0.1, 0.15) is 84.0 Å². The second kappa shape index (κ2) is 17.3. The second-order valence-electron chi connectivity index (χ2n) is 6.65. The molecule has 0 saturated carbocycles. The molecule has 0 aromatic carbocycles. The van der Waals surface area contributed by atoms with Gasteiger partial charge in [0.25, 0.3) is 0 Å². The van der Waals surface area contributed by atoms with Crippen LogP contribution in [0, 0.1) is 5.41 Å².